The van der Waals surface area contributed by atoms with Crippen molar-refractivity contribution in [3.05, 3.63) is 53.9 Å². The second-order valence-electron chi connectivity index (χ2n) is 8.20. The van der Waals surface area contributed by atoms with Gasteiger partial charge in [0.2, 0.25) is 15.9 Å². The fourth-order valence-corrected chi connectivity index (χ4v) is 5.76. The molecule has 2 aromatic rings. The molecule has 4 rings (SSSR count). The van der Waals surface area contributed by atoms with E-state index >= 15 is 0 Å². The van der Waals surface area contributed by atoms with Crippen LogP contribution in [0.4, 0.5) is 0 Å². The molecule has 0 spiro atoms. The molecule has 0 radical (unpaired) electrons. The number of rotatable bonds is 7. The highest BCUT2D eigenvalue weighted by molar-refractivity contribution is 7.89. The van der Waals surface area contributed by atoms with Crippen molar-refractivity contribution in [1.29, 1.82) is 0 Å². The Bertz CT molecular complexity index is 1050. The van der Waals surface area contributed by atoms with E-state index in [2.05, 4.69) is 16.0 Å². The van der Waals surface area contributed by atoms with Crippen LogP contribution in [-0.4, -0.2) is 93.0 Å². The van der Waals surface area contributed by atoms with Gasteiger partial charge in [0.05, 0.1) is 26.7 Å². The summed E-state index contributed by atoms with van der Waals surface area (Å²) >= 11 is 0. The Morgan fingerprint density at radius 3 is 2.48 bits per heavy atom. The predicted octanol–water partition coefficient (Wildman–Crippen LogP) is 0.998. The van der Waals surface area contributed by atoms with Crippen molar-refractivity contribution in [3.8, 4) is 5.75 Å². The number of carbonyl (C=O) groups is 1. The molecule has 9 nitrogen and oxygen atoms in total. The zero-order valence-electron chi connectivity index (χ0n) is 18.9. The molecule has 178 valence electrons. The maximum Gasteiger partial charge on any atom is 0.246 e. The number of piperazine rings is 1. The molecule has 0 atom stereocenters. The zero-order chi connectivity index (χ0) is 23.3. The van der Waals surface area contributed by atoms with Gasteiger partial charge in [-0.25, -0.2) is 8.42 Å². The van der Waals surface area contributed by atoms with Crippen LogP contribution >= 0.6 is 0 Å². The van der Waals surface area contributed by atoms with Crippen molar-refractivity contribution < 1.29 is 22.7 Å². The third-order valence-corrected chi connectivity index (χ3v) is 7.95. The number of hydrogen-bond acceptors (Lipinski definition) is 7. The minimum absolute atomic E-state index is 0.00378. The molecule has 0 unspecified atom stereocenters. The molecule has 2 aliphatic heterocycles. The molecule has 0 aliphatic carbocycles. The van der Waals surface area contributed by atoms with E-state index in [1.807, 2.05) is 17.2 Å². The molecule has 0 bridgehead atoms. The van der Waals surface area contributed by atoms with E-state index < -0.39 is 10.0 Å². The van der Waals surface area contributed by atoms with Gasteiger partial charge in [0.15, 0.2) is 0 Å². The molecule has 0 saturated carbocycles. The maximum atomic E-state index is 13.2. The van der Waals surface area contributed by atoms with Crippen LogP contribution in [0.3, 0.4) is 0 Å². The number of benzene rings is 1. The lowest BCUT2D eigenvalue weighted by atomic mass is 10.1. The largest absolute Gasteiger partial charge is 0.495 e. The van der Waals surface area contributed by atoms with Crippen LogP contribution in [0.5, 0.6) is 5.75 Å². The van der Waals surface area contributed by atoms with Gasteiger partial charge in [-0.3, -0.25) is 14.7 Å². The first-order chi connectivity index (χ1) is 16.0. The molecule has 2 saturated heterocycles. The quantitative estimate of drug-likeness (QED) is 0.591. The lowest BCUT2D eigenvalue weighted by molar-refractivity contribution is -0.132. The monoisotopic (exact) mass is 474 g/mol. The Kier molecular flexibility index (Phi) is 7.59. The molecule has 0 N–H and O–H groups in total. The molecular weight excluding hydrogens is 444 g/mol. The molecule has 1 amide bonds. The van der Waals surface area contributed by atoms with Gasteiger partial charge in [0.1, 0.15) is 10.6 Å². The molecule has 1 aromatic carbocycles. The van der Waals surface area contributed by atoms with Crippen molar-refractivity contribution in [3.63, 3.8) is 0 Å². The van der Waals surface area contributed by atoms with Gasteiger partial charge in [-0.05, 0) is 29.3 Å². The molecule has 10 heteroatoms. The Balaban J connectivity index is 1.39. The number of amides is 1. The van der Waals surface area contributed by atoms with Crippen LogP contribution in [-0.2, 0) is 32.5 Å². The van der Waals surface area contributed by atoms with E-state index in [1.54, 1.807) is 24.4 Å². The van der Waals surface area contributed by atoms with E-state index in [1.165, 1.54) is 11.4 Å². The molecular formula is C23H30N4O5S. The van der Waals surface area contributed by atoms with Crippen LogP contribution in [0.1, 0.15) is 11.1 Å². The van der Waals surface area contributed by atoms with Gasteiger partial charge in [0.25, 0.3) is 0 Å². The summed E-state index contributed by atoms with van der Waals surface area (Å²) in [4.78, 5) is 21.3. The number of carbonyl (C=O) groups excluding carboxylic acids is 1. The summed E-state index contributed by atoms with van der Waals surface area (Å²) in [6.45, 7) is 5.04. The second kappa shape index (κ2) is 10.6. The summed E-state index contributed by atoms with van der Waals surface area (Å²) in [6.07, 6.45) is 3.78. The Morgan fingerprint density at radius 1 is 1.06 bits per heavy atom. The summed E-state index contributed by atoms with van der Waals surface area (Å²) in [5, 5.41) is 0. The smallest absolute Gasteiger partial charge is 0.246 e. The number of methoxy groups -OCH3 is 1. The van der Waals surface area contributed by atoms with Gasteiger partial charge >= 0.3 is 0 Å². The molecule has 3 heterocycles. The van der Waals surface area contributed by atoms with Gasteiger partial charge in [-0.1, -0.05) is 12.1 Å². The van der Waals surface area contributed by atoms with Crippen molar-refractivity contribution in [2.45, 2.75) is 17.9 Å². The van der Waals surface area contributed by atoms with Crippen LogP contribution in [0.25, 0.3) is 0 Å². The summed E-state index contributed by atoms with van der Waals surface area (Å²) < 4.78 is 38.4. The third-order valence-electron chi connectivity index (χ3n) is 6.03. The molecule has 1 aromatic heterocycles. The number of hydrogen-bond donors (Lipinski definition) is 0. The zero-order valence-corrected chi connectivity index (χ0v) is 19.7. The lowest BCUT2D eigenvalue weighted by Crippen LogP contribution is -2.48. The molecule has 2 fully saturated rings. The van der Waals surface area contributed by atoms with E-state index in [4.69, 9.17) is 9.47 Å². The van der Waals surface area contributed by atoms with E-state index in [0.717, 1.165) is 25.2 Å². The average molecular weight is 475 g/mol. The summed E-state index contributed by atoms with van der Waals surface area (Å²) in [5.74, 6) is 0.276. The second-order valence-corrected chi connectivity index (χ2v) is 10.1. The normalized spacial score (nSPS) is 18.3. The Labute approximate surface area is 195 Å². The fourth-order valence-electron chi connectivity index (χ4n) is 4.15. The van der Waals surface area contributed by atoms with Crippen molar-refractivity contribution in [1.82, 2.24) is 19.1 Å². The van der Waals surface area contributed by atoms with Gasteiger partial charge in [-0.15, -0.1) is 0 Å². The molecule has 2 aliphatic rings. The van der Waals surface area contributed by atoms with Crippen LogP contribution < -0.4 is 4.74 Å². The highest BCUT2D eigenvalue weighted by atomic mass is 32.2. The first kappa shape index (κ1) is 23.6. The average Bonchev–Trinajstić information content (AvgIpc) is 2.85. The van der Waals surface area contributed by atoms with E-state index in [-0.39, 0.29) is 23.0 Å². The summed E-state index contributed by atoms with van der Waals surface area (Å²) in [5.41, 5.74) is 1.81. The van der Waals surface area contributed by atoms with Crippen LogP contribution in [0.2, 0.25) is 0 Å². The lowest BCUT2D eigenvalue weighted by Gasteiger charge is -2.34. The molecule has 33 heavy (non-hydrogen) atoms. The maximum absolute atomic E-state index is 13.2. The van der Waals surface area contributed by atoms with Gasteiger partial charge in [-0.2, -0.15) is 4.31 Å². The van der Waals surface area contributed by atoms with Crippen molar-refractivity contribution in [2.75, 3.05) is 59.6 Å². The first-order valence-electron chi connectivity index (χ1n) is 11.1. The number of nitrogens with zero attached hydrogens (tertiary/aromatic N) is 4. The van der Waals surface area contributed by atoms with Crippen LogP contribution in [0.15, 0.2) is 47.6 Å². The van der Waals surface area contributed by atoms with E-state index in [9.17, 15) is 13.2 Å². The number of aromatic nitrogens is 1. The highest BCUT2D eigenvalue weighted by Crippen LogP contribution is 2.29. The standard InChI is InChI=1S/C23H30N4O5S/c1-31-21-5-4-19(15-22(21)33(29,30)27-11-13-32-14-12-27)16-23(28)26-9-7-25(8-10-26)18-20-3-2-6-24-17-20/h2-6,15,17H,7-14,16,18H2,1H3. The first-order valence-corrected chi connectivity index (χ1v) is 12.6. The van der Waals surface area contributed by atoms with Crippen molar-refractivity contribution >= 4 is 15.9 Å². The predicted molar refractivity (Wildman–Crippen MR) is 122 cm³/mol. The highest BCUT2D eigenvalue weighted by Gasteiger charge is 2.30. The van der Waals surface area contributed by atoms with Crippen molar-refractivity contribution in [2.24, 2.45) is 0 Å². The topological polar surface area (TPSA) is 92.3 Å². The van der Waals surface area contributed by atoms with Crippen LogP contribution in [0, 0.1) is 0 Å². The number of morpholine rings is 1. The Hall–Kier alpha value is -2.53. The fraction of sp³-hybridized carbons (Fsp3) is 0.478. The number of sulfonamides is 1. The summed E-state index contributed by atoms with van der Waals surface area (Å²) in [7, 11) is -2.29. The van der Waals surface area contributed by atoms with E-state index in [0.29, 0.717) is 45.0 Å². The number of pyridine rings is 1. The SMILES string of the molecule is COc1ccc(CC(=O)N2CCN(Cc3cccnc3)CC2)cc1S(=O)(=O)N1CCOCC1. The third kappa shape index (κ3) is 5.70. The summed E-state index contributed by atoms with van der Waals surface area (Å²) in [6, 6.07) is 8.93. The van der Waals surface area contributed by atoms with Gasteiger partial charge in [0, 0.05) is 58.2 Å². The minimum atomic E-state index is -3.73. The van der Waals surface area contributed by atoms with Gasteiger partial charge < -0.3 is 14.4 Å². The number of ether oxygens (including phenoxy) is 2. The Morgan fingerprint density at radius 2 is 1.82 bits per heavy atom. The minimum Gasteiger partial charge on any atom is -0.495 e.